The minimum atomic E-state index is -0.814. The summed E-state index contributed by atoms with van der Waals surface area (Å²) < 4.78 is 14.9. The molecule has 0 spiro atoms. The summed E-state index contributed by atoms with van der Waals surface area (Å²) in [5.41, 5.74) is 1.41. The fourth-order valence-corrected chi connectivity index (χ4v) is 1.92. The predicted molar refractivity (Wildman–Crippen MR) is 63.1 cm³/mol. The summed E-state index contributed by atoms with van der Waals surface area (Å²) in [6.07, 6.45) is 2.66. The molecule has 17 heavy (non-hydrogen) atoms. The van der Waals surface area contributed by atoms with Crippen LogP contribution in [0.1, 0.15) is 30.0 Å². The van der Waals surface area contributed by atoms with Gasteiger partial charge >= 0.3 is 0 Å². The number of nitrogens with zero attached hydrogens (tertiary/aromatic N) is 2. The Balaban J connectivity index is 2.40. The van der Waals surface area contributed by atoms with E-state index in [2.05, 4.69) is 4.98 Å². The number of rotatable bonds is 3. The molecule has 2 rings (SSSR count). The van der Waals surface area contributed by atoms with Gasteiger partial charge in [0.05, 0.1) is 0 Å². The molecular formula is C13H15FN2O. The largest absolute Gasteiger partial charge is 0.380 e. The van der Waals surface area contributed by atoms with Crippen molar-refractivity contribution < 1.29 is 9.50 Å². The van der Waals surface area contributed by atoms with Crippen molar-refractivity contribution in [1.29, 1.82) is 0 Å². The van der Waals surface area contributed by atoms with E-state index in [0.29, 0.717) is 11.4 Å². The first-order valence-electron chi connectivity index (χ1n) is 5.58. The maximum atomic E-state index is 13.0. The lowest BCUT2D eigenvalue weighted by atomic mass is 10.0. The molecule has 1 unspecified atom stereocenters. The van der Waals surface area contributed by atoms with Crippen LogP contribution in [0.3, 0.4) is 0 Å². The van der Waals surface area contributed by atoms with Gasteiger partial charge in [0.25, 0.3) is 0 Å². The molecule has 0 saturated heterocycles. The number of aromatic nitrogens is 2. The summed E-state index contributed by atoms with van der Waals surface area (Å²) in [5.74, 6) is 0.291. The summed E-state index contributed by atoms with van der Waals surface area (Å²) in [6.45, 7) is 4.50. The van der Waals surface area contributed by atoms with Crippen LogP contribution in [0.5, 0.6) is 0 Å². The molecule has 1 aromatic carbocycles. The van der Waals surface area contributed by atoms with E-state index in [0.717, 1.165) is 12.1 Å². The van der Waals surface area contributed by atoms with E-state index in [9.17, 15) is 9.50 Å². The maximum Gasteiger partial charge on any atom is 0.142 e. The van der Waals surface area contributed by atoms with Crippen LogP contribution in [0.4, 0.5) is 4.39 Å². The molecule has 0 radical (unpaired) electrons. The molecule has 3 nitrogen and oxygen atoms in total. The highest BCUT2D eigenvalue weighted by atomic mass is 19.1. The SMILES string of the molecule is CCn1ccnc1C(O)c1ccc(F)cc1C. The molecule has 1 aromatic heterocycles. The lowest BCUT2D eigenvalue weighted by molar-refractivity contribution is 0.204. The van der Waals surface area contributed by atoms with Crippen LogP contribution in [0.2, 0.25) is 0 Å². The maximum absolute atomic E-state index is 13.0. The number of aryl methyl sites for hydroxylation is 2. The zero-order valence-electron chi connectivity index (χ0n) is 9.89. The first-order chi connectivity index (χ1) is 8.13. The molecule has 1 atom stereocenters. The molecule has 0 aliphatic heterocycles. The van der Waals surface area contributed by atoms with Crippen molar-refractivity contribution in [2.24, 2.45) is 0 Å². The zero-order valence-corrected chi connectivity index (χ0v) is 9.89. The fraction of sp³-hybridized carbons (Fsp3) is 0.308. The average Bonchev–Trinajstić information content (AvgIpc) is 2.76. The van der Waals surface area contributed by atoms with Gasteiger partial charge in [-0.15, -0.1) is 0 Å². The lowest BCUT2D eigenvalue weighted by Gasteiger charge is -2.14. The van der Waals surface area contributed by atoms with Crippen LogP contribution >= 0.6 is 0 Å². The van der Waals surface area contributed by atoms with Crippen molar-refractivity contribution in [3.63, 3.8) is 0 Å². The second kappa shape index (κ2) is 4.67. The monoisotopic (exact) mass is 234 g/mol. The van der Waals surface area contributed by atoms with Crippen molar-refractivity contribution in [2.75, 3.05) is 0 Å². The van der Waals surface area contributed by atoms with Crippen molar-refractivity contribution in [3.8, 4) is 0 Å². The molecule has 1 N–H and O–H groups in total. The topological polar surface area (TPSA) is 38.0 Å². The second-order valence-electron chi connectivity index (χ2n) is 3.97. The number of hydrogen-bond acceptors (Lipinski definition) is 2. The van der Waals surface area contributed by atoms with E-state index in [1.807, 2.05) is 17.7 Å². The summed E-state index contributed by atoms with van der Waals surface area (Å²) in [5, 5.41) is 10.3. The van der Waals surface area contributed by atoms with Crippen LogP contribution in [0, 0.1) is 12.7 Å². The van der Waals surface area contributed by atoms with Crippen LogP contribution in [-0.2, 0) is 6.54 Å². The number of aliphatic hydroxyl groups excluding tert-OH is 1. The van der Waals surface area contributed by atoms with Gasteiger partial charge in [-0.2, -0.15) is 0 Å². The lowest BCUT2D eigenvalue weighted by Crippen LogP contribution is -2.10. The van der Waals surface area contributed by atoms with Crippen LogP contribution < -0.4 is 0 Å². The number of imidazole rings is 1. The molecule has 0 fully saturated rings. The average molecular weight is 234 g/mol. The molecule has 0 saturated carbocycles. The normalized spacial score (nSPS) is 12.7. The molecule has 0 aliphatic carbocycles. The molecule has 0 bridgehead atoms. The Morgan fingerprint density at radius 3 is 2.88 bits per heavy atom. The Bertz CT molecular complexity index is 522. The summed E-state index contributed by atoms with van der Waals surface area (Å²) in [4.78, 5) is 4.15. The van der Waals surface area contributed by atoms with Crippen molar-refractivity contribution >= 4 is 0 Å². The quantitative estimate of drug-likeness (QED) is 0.885. The van der Waals surface area contributed by atoms with Gasteiger partial charge in [-0.1, -0.05) is 6.07 Å². The highest BCUT2D eigenvalue weighted by Crippen LogP contribution is 2.24. The molecule has 0 amide bonds. The smallest absolute Gasteiger partial charge is 0.142 e. The Hall–Kier alpha value is -1.68. The van der Waals surface area contributed by atoms with Crippen molar-refractivity contribution in [1.82, 2.24) is 9.55 Å². The minimum Gasteiger partial charge on any atom is -0.380 e. The van der Waals surface area contributed by atoms with Gasteiger partial charge < -0.3 is 9.67 Å². The van der Waals surface area contributed by atoms with Gasteiger partial charge in [-0.3, -0.25) is 0 Å². The molecule has 2 aromatic rings. The van der Waals surface area contributed by atoms with Crippen LogP contribution in [0.15, 0.2) is 30.6 Å². The molecule has 4 heteroatoms. The Morgan fingerprint density at radius 1 is 1.47 bits per heavy atom. The van der Waals surface area contributed by atoms with Gasteiger partial charge in [0.2, 0.25) is 0 Å². The number of halogens is 1. The van der Waals surface area contributed by atoms with Gasteiger partial charge in [-0.05, 0) is 37.1 Å². The minimum absolute atomic E-state index is 0.294. The van der Waals surface area contributed by atoms with Crippen molar-refractivity contribution in [3.05, 3.63) is 53.4 Å². The van der Waals surface area contributed by atoms with Crippen LogP contribution in [0.25, 0.3) is 0 Å². The van der Waals surface area contributed by atoms with E-state index in [1.165, 1.54) is 12.1 Å². The summed E-state index contributed by atoms with van der Waals surface area (Å²) in [6, 6.07) is 4.37. The Morgan fingerprint density at radius 2 is 2.24 bits per heavy atom. The third kappa shape index (κ3) is 2.22. The highest BCUT2D eigenvalue weighted by molar-refractivity contribution is 5.31. The Labute approximate surface area is 99.5 Å². The van der Waals surface area contributed by atoms with E-state index in [1.54, 1.807) is 19.2 Å². The van der Waals surface area contributed by atoms with E-state index in [-0.39, 0.29) is 5.82 Å². The molecule has 0 aliphatic rings. The van der Waals surface area contributed by atoms with Gasteiger partial charge in [0, 0.05) is 18.9 Å². The third-order valence-electron chi connectivity index (χ3n) is 2.86. The molecule has 90 valence electrons. The summed E-state index contributed by atoms with van der Waals surface area (Å²) in [7, 11) is 0. The molecular weight excluding hydrogens is 219 g/mol. The number of hydrogen-bond donors (Lipinski definition) is 1. The highest BCUT2D eigenvalue weighted by Gasteiger charge is 2.17. The standard InChI is InChI=1S/C13H15FN2O/c1-3-16-7-6-15-13(16)12(17)11-5-4-10(14)8-9(11)2/h4-8,12,17H,3H2,1-2H3. The predicted octanol–water partition coefficient (Wildman–Crippen LogP) is 2.43. The zero-order chi connectivity index (χ0) is 12.4. The summed E-state index contributed by atoms with van der Waals surface area (Å²) >= 11 is 0. The van der Waals surface area contributed by atoms with Gasteiger partial charge in [-0.25, -0.2) is 9.37 Å². The first-order valence-corrected chi connectivity index (χ1v) is 5.58. The molecule has 1 heterocycles. The fourth-order valence-electron chi connectivity index (χ4n) is 1.92. The first kappa shape index (κ1) is 11.8. The third-order valence-corrected chi connectivity index (χ3v) is 2.86. The Kier molecular flexibility index (Phi) is 3.24. The van der Waals surface area contributed by atoms with Crippen LogP contribution in [-0.4, -0.2) is 14.7 Å². The van der Waals surface area contributed by atoms with E-state index < -0.39 is 6.10 Å². The number of aliphatic hydroxyl groups is 1. The van der Waals surface area contributed by atoms with Crippen molar-refractivity contribution in [2.45, 2.75) is 26.5 Å². The van der Waals surface area contributed by atoms with E-state index in [4.69, 9.17) is 0 Å². The number of benzene rings is 1. The van der Waals surface area contributed by atoms with E-state index >= 15 is 0 Å². The van der Waals surface area contributed by atoms with Gasteiger partial charge in [0.15, 0.2) is 0 Å². The second-order valence-corrected chi connectivity index (χ2v) is 3.97. The van der Waals surface area contributed by atoms with Gasteiger partial charge in [0.1, 0.15) is 17.7 Å².